The van der Waals surface area contributed by atoms with Crippen molar-refractivity contribution >= 4 is 22.3 Å². The third-order valence-corrected chi connectivity index (χ3v) is 4.05. The highest BCUT2D eigenvalue weighted by atomic mass is 32.2. The SMILES string of the molecule is [2H]c1nc(C[S+]([O-])c2nc3nc(OC([2H])([2H])[2H])c([2H])c([2H])c3[nH]2)c(C([2H])([2H])[2H])c(OC([2H])([2H])[2H])c1C([2H])([2H])[2H]. The van der Waals surface area contributed by atoms with Crippen molar-refractivity contribution in [3.8, 4) is 11.6 Å². The van der Waals surface area contributed by atoms with Gasteiger partial charge in [-0.25, -0.2) is 0 Å². The van der Waals surface area contributed by atoms with Crippen LogP contribution in [0.4, 0.5) is 0 Å². The third kappa shape index (κ3) is 3.02. The van der Waals surface area contributed by atoms with E-state index in [4.69, 9.17) is 25.3 Å². The van der Waals surface area contributed by atoms with Gasteiger partial charge in [-0.05, 0) is 19.7 Å². The van der Waals surface area contributed by atoms with Crippen molar-refractivity contribution < 1.29 is 34.6 Å². The van der Waals surface area contributed by atoms with E-state index in [-0.39, 0.29) is 11.2 Å². The summed E-state index contributed by atoms with van der Waals surface area (Å²) in [6.07, 6.45) is -1.03. The minimum Gasteiger partial charge on any atom is -0.609 e. The van der Waals surface area contributed by atoms with E-state index < -0.39 is 96.6 Å². The molecule has 8 heteroatoms. The number of nitrogens with one attached hydrogen (secondary N) is 1. The van der Waals surface area contributed by atoms with Gasteiger partial charge in [0, 0.05) is 42.7 Å². The molecule has 3 aromatic rings. The zero-order valence-corrected chi connectivity index (χ0v) is 12.5. The lowest BCUT2D eigenvalue weighted by Crippen LogP contribution is -2.10. The van der Waals surface area contributed by atoms with E-state index in [1.165, 1.54) is 0 Å². The summed E-state index contributed by atoms with van der Waals surface area (Å²) in [6, 6.07) is -1.31. The van der Waals surface area contributed by atoms with Crippen LogP contribution in [0.1, 0.15) is 37.4 Å². The highest BCUT2D eigenvalue weighted by molar-refractivity contribution is 7.90. The van der Waals surface area contributed by atoms with Crippen molar-refractivity contribution in [1.29, 1.82) is 0 Å². The third-order valence-electron chi connectivity index (χ3n) is 2.89. The molecule has 1 N–H and O–H groups in total. The maximum atomic E-state index is 13.2. The highest BCUT2D eigenvalue weighted by Gasteiger charge is 2.21. The van der Waals surface area contributed by atoms with Gasteiger partial charge in [0.2, 0.25) is 5.88 Å². The van der Waals surface area contributed by atoms with E-state index in [2.05, 4.69) is 24.7 Å². The van der Waals surface area contributed by atoms with Crippen LogP contribution in [-0.2, 0) is 16.9 Å². The van der Waals surface area contributed by atoms with E-state index >= 15 is 0 Å². The van der Waals surface area contributed by atoms with Crippen LogP contribution in [0.15, 0.2) is 23.4 Å². The Bertz CT molecular complexity index is 1400. The zero-order chi connectivity index (χ0) is 29.9. The minimum atomic E-state index is -3.32. The first-order valence-electron chi connectivity index (χ1n) is 13.7. The first-order chi connectivity index (χ1) is 17.5. The molecule has 1 unspecified atom stereocenters. The Morgan fingerprint density at radius 2 is 2.21 bits per heavy atom. The van der Waals surface area contributed by atoms with Gasteiger partial charge in [0.25, 0.3) is 0 Å². The Balaban J connectivity index is 2.16. The summed E-state index contributed by atoms with van der Waals surface area (Å²) in [5.74, 6) is -2.71. The molecular weight excluding hydrogens is 328 g/mol. The van der Waals surface area contributed by atoms with E-state index in [0.29, 0.717) is 0 Å². The lowest BCUT2D eigenvalue weighted by atomic mass is 10.1. The van der Waals surface area contributed by atoms with Crippen molar-refractivity contribution in [3.05, 3.63) is 35.1 Å². The average Bonchev–Trinajstić information content (AvgIpc) is 3.11. The lowest BCUT2D eigenvalue weighted by Gasteiger charge is -2.13. The van der Waals surface area contributed by atoms with Crippen molar-refractivity contribution in [2.75, 3.05) is 14.1 Å². The van der Waals surface area contributed by atoms with Crippen LogP contribution >= 0.6 is 0 Å². The van der Waals surface area contributed by atoms with Gasteiger partial charge in [0.15, 0.2) is 11.4 Å². The van der Waals surface area contributed by atoms with Gasteiger partial charge in [-0.1, -0.05) is 0 Å². The Hall–Kier alpha value is -2.32. The summed E-state index contributed by atoms with van der Waals surface area (Å²) in [6.45, 7) is -6.42. The summed E-state index contributed by atoms with van der Waals surface area (Å²) in [7, 11) is -6.31. The molecular formula is C16H18N4O3S. The van der Waals surface area contributed by atoms with E-state index in [1.54, 1.807) is 0 Å². The normalized spacial score (nSPS) is 23.6. The van der Waals surface area contributed by atoms with Crippen LogP contribution in [-0.4, -0.2) is 38.6 Å². The zero-order valence-electron chi connectivity index (χ0n) is 26.7. The van der Waals surface area contributed by atoms with Gasteiger partial charge < -0.3 is 14.0 Å². The summed E-state index contributed by atoms with van der Waals surface area (Å²) in [5, 5.41) is -0.431. The largest absolute Gasteiger partial charge is 0.609 e. The minimum absolute atomic E-state index is 0.226. The Kier molecular flexibility index (Phi) is 1.72. The second-order valence-corrected chi connectivity index (χ2v) is 5.72. The van der Waals surface area contributed by atoms with E-state index in [1.807, 2.05) is 0 Å². The maximum Gasteiger partial charge on any atom is 0.323 e. The Labute approximate surface area is 163 Å². The summed E-state index contributed by atoms with van der Waals surface area (Å²) < 4.78 is 137. The fourth-order valence-corrected chi connectivity index (χ4v) is 2.79. The van der Waals surface area contributed by atoms with Gasteiger partial charge in [-0.3, -0.25) is 9.97 Å². The molecule has 0 bridgehead atoms. The number of rotatable bonds is 5. The number of nitrogens with zero attached hydrogens (tertiary/aromatic N) is 3. The van der Waals surface area contributed by atoms with Crippen molar-refractivity contribution in [3.63, 3.8) is 0 Å². The molecule has 24 heavy (non-hydrogen) atoms. The fraction of sp³-hybridized carbons (Fsp3) is 0.312. The van der Waals surface area contributed by atoms with Crippen molar-refractivity contribution in [2.24, 2.45) is 0 Å². The molecule has 0 aliphatic rings. The van der Waals surface area contributed by atoms with Crippen LogP contribution in [0.3, 0.4) is 0 Å². The smallest absolute Gasteiger partial charge is 0.323 e. The molecule has 0 aromatic carbocycles. The molecule has 0 fully saturated rings. The molecule has 126 valence electrons. The number of hydrogen-bond donors (Lipinski definition) is 1. The maximum absolute atomic E-state index is 13.2. The van der Waals surface area contributed by atoms with Crippen LogP contribution in [0.2, 0.25) is 0 Å². The summed E-state index contributed by atoms with van der Waals surface area (Å²) >= 11 is -2.36. The van der Waals surface area contributed by atoms with E-state index in [0.717, 1.165) is 0 Å². The van der Waals surface area contributed by atoms with Gasteiger partial charge in [-0.2, -0.15) is 9.97 Å². The predicted octanol–water partition coefficient (Wildman–Crippen LogP) is 2.29. The molecule has 3 aromatic heterocycles. The monoisotopic (exact) mass is 361 g/mol. The van der Waals surface area contributed by atoms with Crippen molar-refractivity contribution in [1.82, 2.24) is 19.9 Å². The quantitative estimate of drug-likeness (QED) is 0.701. The first kappa shape index (κ1) is 6.20. The second kappa shape index (κ2) is 6.66. The predicted molar refractivity (Wildman–Crippen MR) is 90.8 cm³/mol. The topological polar surface area (TPSA) is 96.0 Å². The Morgan fingerprint density at radius 1 is 1.29 bits per heavy atom. The number of hydrogen-bond acceptors (Lipinski definition) is 6. The molecule has 7 nitrogen and oxygen atoms in total. The van der Waals surface area contributed by atoms with Crippen LogP contribution in [0, 0.1) is 13.7 Å². The van der Waals surface area contributed by atoms with Gasteiger partial charge >= 0.3 is 5.16 Å². The lowest BCUT2D eigenvalue weighted by molar-refractivity contribution is 0.399. The number of aromatic nitrogens is 4. The van der Waals surface area contributed by atoms with Crippen LogP contribution in [0.25, 0.3) is 11.2 Å². The Morgan fingerprint density at radius 3 is 3.00 bits per heavy atom. The molecule has 3 rings (SSSR count). The van der Waals surface area contributed by atoms with Gasteiger partial charge in [-0.15, -0.1) is 0 Å². The molecule has 0 spiro atoms. The van der Waals surface area contributed by atoms with Crippen LogP contribution < -0.4 is 9.47 Å². The molecule has 0 radical (unpaired) electrons. The van der Waals surface area contributed by atoms with Gasteiger partial charge in [0.05, 0.1) is 37.6 Å². The number of ether oxygens (including phenoxy) is 2. The number of fused-ring (bicyclic) bond motifs is 1. The summed E-state index contributed by atoms with van der Waals surface area (Å²) in [5.41, 5.74) is -3.26. The first-order valence-corrected chi connectivity index (χ1v) is 7.49. The molecule has 0 amide bonds. The molecule has 3 heterocycles. The van der Waals surface area contributed by atoms with E-state index in [9.17, 15) is 4.55 Å². The fourth-order valence-electron chi connectivity index (χ4n) is 1.79. The molecule has 1 atom stereocenters. The number of aromatic amines is 1. The summed E-state index contributed by atoms with van der Waals surface area (Å²) in [4.78, 5) is 13.8. The number of H-pyrrole nitrogens is 1. The standard InChI is InChI=1S/C16H18N4O3S/c1-9-7-17-12(10(2)14(9)23-4)8-24(21)16-18-11-5-6-13(22-3)19-15(11)20-16/h5-7H,8H2,1-4H3,(H,18,19,20)/i1D3,2D3,3D3,4D3,5D,6D,7D. The molecule has 0 saturated heterocycles. The van der Waals surface area contributed by atoms with Crippen molar-refractivity contribution in [2.45, 2.75) is 24.6 Å². The molecule has 0 aliphatic heterocycles. The highest BCUT2D eigenvalue weighted by Crippen LogP contribution is 2.26. The number of imidazole rings is 1. The molecule has 0 aliphatic carbocycles. The van der Waals surface area contributed by atoms with Gasteiger partial charge in [0.1, 0.15) is 5.75 Å². The van der Waals surface area contributed by atoms with Crippen LogP contribution in [0.5, 0.6) is 11.6 Å². The number of methoxy groups -OCH3 is 2. The molecule has 0 saturated carbocycles. The average molecular weight is 362 g/mol. The number of pyridine rings is 2. The second-order valence-electron chi connectivity index (χ2n) is 4.35.